The Morgan fingerprint density at radius 2 is 1.52 bits per heavy atom. The second-order valence-electron chi connectivity index (χ2n) is 10.4. The fourth-order valence-electron chi connectivity index (χ4n) is 4.56. The highest BCUT2D eigenvalue weighted by molar-refractivity contribution is 5.84. The fourth-order valence-corrected chi connectivity index (χ4v) is 4.56. The summed E-state index contributed by atoms with van der Waals surface area (Å²) in [5.74, 6) is -25.0. The first kappa shape index (κ1) is 34.9. The minimum atomic E-state index is -6.47. The predicted octanol–water partition coefficient (Wildman–Crippen LogP) is 9.82. The van der Waals surface area contributed by atoms with Crippen molar-refractivity contribution >= 4 is 16.9 Å². The molecule has 44 heavy (non-hydrogen) atoms. The van der Waals surface area contributed by atoms with Crippen molar-refractivity contribution in [1.29, 1.82) is 0 Å². The number of alkyl halides is 8. The standard InChI is InChI=1S/C32H34F8O4/c1-4-7-8-9-21-10-13-25(22(5-2)18-21)27-19-23-11-12-24(20-26(23)44-27)42-16-14-29(33,34)31(37,38)32(39,40)30(35,36)15-17-43-28(41)6-3/h6,10-13,18-20H,3-5,7-9,14-17H2,1-2H3. The number of rotatable bonds is 17. The molecule has 0 saturated carbocycles. The Morgan fingerprint density at radius 1 is 0.864 bits per heavy atom. The van der Waals surface area contributed by atoms with Crippen molar-refractivity contribution in [1.82, 2.24) is 0 Å². The quantitative estimate of drug-likeness (QED) is 0.0642. The number of esters is 1. The third-order valence-electron chi connectivity index (χ3n) is 7.20. The molecule has 1 heterocycles. The molecule has 0 aliphatic carbocycles. The molecule has 0 bridgehead atoms. The van der Waals surface area contributed by atoms with E-state index in [2.05, 4.69) is 24.3 Å². The Morgan fingerprint density at radius 3 is 2.14 bits per heavy atom. The molecule has 0 atom stereocenters. The lowest BCUT2D eigenvalue weighted by molar-refractivity contribution is -0.368. The SMILES string of the molecule is C=CC(=O)OCCC(F)(F)C(F)(F)C(F)(F)C(F)(F)CCOc1ccc2cc(-c3ccc(CCCCC)cc3CC)oc2c1. The second-order valence-corrected chi connectivity index (χ2v) is 10.4. The van der Waals surface area contributed by atoms with Gasteiger partial charge in [0.05, 0.1) is 26.1 Å². The highest BCUT2D eigenvalue weighted by Gasteiger charge is 2.79. The molecule has 2 aromatic carbocycles. The van der Waals surface area contributed by atoms with Crippen LogP contribution in [0.4, 0.5) is 35.1 Å². The molecule has 0 unspecified atom stereocenters. The average Bonchev–Trinajstić information content (AvgIpc) is 3.40. The summed E-state index contributed by atoms with van der Waals surface area (Å²) in [7, 11) is 0. The Hall–Kier alpha value is -3.57. The number of fused-ring (bicyclic) bond motifs is 1. The van der Waals surface area contributed by atoms with Gasteiger partial charge in [-0.3, -0.25) is 0 Å². The van der Waals surface area contributed by atoms with Crippen LogP contribution in [0.2, 0.25) is 0 Å². The number of furan rings is 1. The van der Waals surface area contributed by atoms with Gasteiger partial charge in [-0.1, -0.05) is 51.5 Å². The van der Waals surface area contributed by atoms with E-state index in [4.69, 9.17) is 9.15 Å². The largest absolute Gasteiger partial charge is 0.493 e. The van der Waals surface area contributed by atoms with Crippen molar-refractivity contribution in [3.05, 3.63) is 66.2 Å². The number of carbonyl (C=O) groups excluding carboxylic acids is 1. The van der Waals surface area contributed by atoms with Crippen LogP contribution in [-0.2, 0) is 22.4 Å². The highest BCUT2D eigenvalue weighted by Crippen LogP contribution is 2.54. The summed E-state index contributed by atoms with van der Waals surface area (Å²) in [5, 5.41) is 0.638. The van der Waals surface area contributed by atoms with E-state index in [9.17, 15) is 39.9 Å². The number of aryl methyl sites for hydroxylation is 2. The molecule has 0 saturated heterocycles. The summed E-state index contributed by atoms with van der Waals surface area (Å²) in [5.41, 5.74) is 3.44. The summed E-state index contributed by atoms with van der Waals surface area (Å²) >= 11 is 0. The van der Waals surface area contributed by atoms with E-state index >= 15 is 0 Å². The zero-order valence-corrected chi connectivity index (χ0v) is 24.3. The van der Waals surface area contributed by atoms with Gasteiger partial charge in [0, 0.05) is 23.1 Å². The topological polar surface area (TPSA) is 48.7 Å². The van der Waals surface area contributed by atoms with Gasteiger partial charge in [-0.2, -0.15) is 35.1 Å². The van der Waals surface area contributed by atoms with Crippen LogP contribution < -0.4 is 4.74 Å². The van der Waals surface area contributed by atoms with Gasteiger partial charge in [-0.05, 0) is 48.6 Å². The van der Waals surface area contributed by atoms with Gasteiger partial charge in [0.2, 0.25) is 0 Å². The molecule has 3 aromatic rings. The molecule has 4 nitrogen and oxygen atoms in total. The van der Waals surface area contributed by atoms with E-state index in [0.29, 0.717) is 22.8 Å². The van der Waals surface area contributed by atoms with Crippen molar-refractivity contribution in [3.63, 3.8) is 0 Å². The van der Waals surface area contributed by atoms with Crippen LogP contribution in [0.15, 0.2) is 59.5 Å². The number of hydrogen-bond acceptors (Lipinski definition) is 4. The lowest BCUT2D eigenvalue weighted by atomic mass is 9.95. The fraction of sp³-hybridized carbons (Fsp3) is 0.469. The Kier molecular flexibility index (Phi) is 11.1. The minimum absolute atomic E-state index is 0.0828. The van der Waals surface area contributed by atoms with Gasteiger partial charge in [-0.25, -0.2) is 4.79 Å². The predicted molar refractivity (Wildman–Crippen MR) is 150 cm³/mol. The van der Waals surface area contributed by atoms with Crippen LogP contribution in [0, 0.1) is 0 Å². The lowest BCUT2D eigenvalue weighted by Gasteiger charge is -2.36. The first-order valence-electron chi connectivity index (χ1n) is 14.2. The van der Waals surface area contributed by atoms with Crippen LogP contribution in [0.25, 0.3) is 22.3 Å². The minimum Gasteiger partial charge on any atom is -0.493 e. The molecule has 12 heteroatoms. The van der Waals surface area contributed by atoms with Crippen LogP contribution in [0.1, 0.15) is 57.1 Å². The Bertz CT molecular complexity index is 1430. The van der Waals surface area contributed by atoms with Crippen molar-refractivity contribution in [2.75, 3.05) is 13.2 Å². The molecule has 0 radical (unpaired) electrons. The molecule has 0 amide bonds. The first-order chi connectivity index (χ1) is 20.6. The van der Waals surface area contributed by atoms with Gasteiger partial charge in [0.25, 0.3) is 0 Å². The molecule has 0 N–H and O–H groups in total. The van der Waals surface area contributed by atoms with Crippen molar-refractivity contribution < 1.29 is 53.8 Å². The number of benzene rings is 2. The average molecular weight is 635 g/mol. The molecule has 242 valence electrons. The number of carbonyl (C=O) groups is 1. The van der Waals surface area contributed by atoms with Crippen LogP contribution in [0.3, 0.4) is 0 Å². The molecule has 0 spiro atoms. The molecule has 1 aromatic heterocycles. The second kappa shape index (κ2) is 14.0. The summed E-state index contributed by atoms with van der Waals surface area (Å²) in [6.07, 6.45) is 1.45. The van der Waals surface area contributed by atoms with Crippen molar-refractivity contribution in [2.24, 2.45) is 0 Å². The number of ether oxygens (including phenoxy) is 2. The maximum atomic E-state index is 14.3. The smallest absolute Gasteiger partial charge is 0.378 e. The third kappa shape index (κ3) is 7.55. The number of hydrogen-bond donors (Lipinski definition) is 0. The van der Waals surface area contributed by atoms with Gasteiger partial charge in [-0.15, -0.1) is 0 Å². The normalized spacial score (nSPS) is 12.9. The number of halogens is 8. The van der Waals surface area contributed by atoms with Crippen molar-refractivity contribution in [3.8, 4) is 17.1 Å². The lowest BCUT2D eigenvalue weighted by Crippen LogP contribution is -2.62. The third-order valence-corrected chi connectivity index (χ3v) is 7.20. The van der Waals surface area contributed by atoms with Gasteiger partial charge < -0.3 is 13.9 Å². The van der Waals surface area contributed by atoms with Crippen LogP contribution >= 0.6 is 0 Å². The van der Waals surface area contributed by atoms with Crippen LogP contribution in [0.5, 0.6) is 5.75 Å². The summed E-state index contributed by atoms with van der Waals surface area (Å²) in [6, 6.07) is 12.1. The van der Waals surface area contributed by atoms with Crippen molar-refractivity contribution in [2.45, 2.75) is 82.5 Å². The maximum Gasteiger partial charge on any atom is 0.378 e. The first-order valence-corrected chi connectivity index (χ1v) is 14.2. The Labute approximate surface area is 250 Å². The van der Waals surface area contributed by atoms with E-state index in [1.165, 1.54) is 17.7 Å². The van der Waals surface area contributed by atoms with E-state index < -0.39 is 55.7 Å². The zero-order chi connectivity index (χ0) is 32.8. The zero-order valence-electron chi connectivity index (χ0n) is 24.3. The maximum absolute atomic E-state index is 14.3. The van der Waals surface area contributed by atoms with Gasteiger partial charge >= 0.3 is 29.7 Å². The van der Waals surface area contributed by atoms with Gasteiger partial charge in [0.1, 0.15) is 17.1 Å². The molecular weight excluding hydrogens is 600 g/mol. The molecule has 3 rings (SSSR count). The van der Waals surface area contributed by atoms with E-state index in [0.717, 1.165) is 43.2 Å². The molecule has 0 aliphatic heterocycles. The van der Waals surface area contributed by atoms with E-state index in [1.54, 1.807) is 12.1 Å². The summed E-state index contributed by atoms with van der Waals surface area (Å²) in [6.45, 7) is 4.48. The van der Waals surface area contributed by atoms with E-state index in [1.807, 2.05) is 19.1 Å². The molecular formula is C32H34F8O4. The number of unbranched alkanes of at least 4 members (excludes halogenated alkanes) is 2. The van der Waals surface area contributed by atoms with E-state index in [-0.39, 0.29) is 5.75 Å². The molecule has 0 fully saturated rings. The highest BCUT2D eigenvalue weighted by atomic mass is 19.4. The summed E-state index contributed by atoms with van der Waals surface area (Å²) in [4.78, 5) is 10.9. The van der Waals surface area contributed by atoms with Gasteiger partial charge in [0.15, 0.2) is 0 Å². The molecule has 0 aliphatic rings. The summed E-state index contributed by atoms with van der Waals surface area (Å²) < 4.78 is 128. The van der Waals surface area contributed by atoms with Crippen LogP contribution in [-0.4, -0.2) is 42.9 Å². The monoisotopic (exact) mass is 634 g/mol. The Balaban J connectivity index is 1.69.